The molecular formula is C16H9BrO2S. The minimum atomic E-state index is -0.128. The van der Waals surface area contributed by atoms with Crippen LogP contribution in [0.25, 0.3) is 11.0 Å². The summed E-state index contributed by atoms with van der Waals surface area (Å²) in [5.74, 6) is -0.128. The zero-order valence-corrected chi connectivity index (χ0v) is 12.7. The SMILES string of the molecule is O=C(c1ccc(Br)cc1)c1cc2ccccc2oc1=S. The highest BCUT2D eigenvalue weighted by Gasteiger charge is 2.13. The van der Waals surface area contributed by atoms with Crippen LogP contribution in [0.1, 0.15) is 15.9 Å². The van der Waals surface area contributed by atoms with Crippen LogP contribution in [0.2, 0.25) is 0 Å². The van der Waals surface area contributed by atoms with Crippen LogP contribution in [0.3, 0.4) is 0 Å². The Morgan fingerprint density at radius 2 is 1.75 bits per heavy atom. The quantitative estimate of drug-likeness (QED) is 0.475. The van der Waals surface area contributed by atoms with E-state index in [9.17, 15) is 4.79 Å². The molecule has 0 unspecified atom stereocenters. The molecule has 4 heteroatoms. The Morgan fingerprint density at radius 1 is 1.05 bits per heavy atom. The lowest BCUT2D eigenvalue weighted by atomic mass is 10.0. The molecule has 98 valence electrons. The third kappa shape index (κ3) is 2.44. The fourth-order valence-corrected chi connectivity index (χ4v) is 2.48. The lowest BCUT2D eigenvalue weighted by Gasteiger charge is -2.03. The first kappa shape index (κ1) is 13.2. The summed E-state index contributed by atoms with van der Waals surface area (Å²) in [6.07, 6.45) is 0. The van der Waals surface area contributed by atoms with Crippen molar-refractivity contribution in [2.75, 3.05) is 0 Å². The first-order chi connectivity index (χ1) is 9.65. The van der Waals surface area contributed by atoms with Crippen LogP contribution >= 0.6 is 28.1 Å². The van der Waals surface area contributed by atoms with Crippen LogP contribution in [-0.2, 0) is 0 Å². The number of benzene rings is 2. The standard InChI is InChI=1S/C16H9BrO2S/c17-12-7-5-10(6-8-12)15(18)13-9-11-3-1-2-4-14(11)19-16(13)20/h1-9H. The van der Waals surface area contributed by atoms with E-state index in [1.807, 2.05) is 36.4 Å². The van der Waals surface area contributed by atoms with E-state index in [0.717, 1.165) is 9.86 Å². The van der Waals surface area contributed by atoms with E-state index >= 15 is 0 Å². The molecule has 1 aromatic heterocycles. The Balaban J connectivity index is 2.14. The predicted octanol–water partition coefficient (Wildman–Crippen LogP) is 5.16. The molecule has 3 rings (SSSR count). The van der Waals surface area contributed by atoms with Crippen molar-refractivity contribution < 1.29 is 9.21 Å². The fourth-order valence-electron chi connectivity index (χ4n) is 1.98. The normalized spacial score (nSPS) is 10.7. The Labute approximate surface area is 129 Å². The van der Waals surface area contributed by atoms with Crippen molar-refractivity contribution in [3.05, 3.63) is 74.9 Å². The van der Waals surface area contributed by atoms with Gasteiger partial charge in [0.1, 0.15) is 5.58 Å². The van der Waals surface area contributed by atoms with Crippen molar-refractivity contribution in [1.82, 2.24) is 0 Å². The lowest BCUT2D eigenvalue weighted by molar-refractivity contribution is 0.103. The highest BCUT2D eigenvalue weighted by Crippen LogP contribution is 2.21. The van der Waals surface area contributed by atoms with Gasteiger partial charge >= 0.3 is 0 Å². The molecular weight excluding hydrogens is 336 g/mol. The molecule has 0 aliphatic heterocycles. The molecule has 2 nitrogen and oxygen atoms in total. The van der Waals surface area contributed by atoms with Gasteiger partial charge in [0, 0.05) is 15.4 Å². The third-order valence-corrected chi connectivity index (χ3v) is 3.82. The van der Waals surface area contributed by atoms with Gasteiger partial charge in [-0.2, -0.15) is 0 Å². The minimum Gasteiger partial charge on any atom is -0.444 e. The minimum absolute atomic E-state index is 0.128. The molecule has 0 saturated heterocycles. The first-order valence-corrected chi connectivity index (χ1v) is 7.18. The van der Waals surface area contributed by atoms with Gasteiger partial charge in [-0.1, -0.05) is 34.1 Å². The predicted molar refractivity (Wildman–Crippen MR) is 84.6 cm³/mol. The van der Waals surface area contributed by atoms with E-state index in [-0.39, 0.29) is 10.5 Å². The van der Waals surface area contributed by atoms with Crippen molar-refractivity contribution in [1.29, 1.82) is 0 Å². The van der Waals surface area contributed by atoms with E-state index in [4.69, 9.17) is 16.6 Å². The second-order valence-corrected chi connectivity index (χ2v) is 5.61. The number of hydrogen-bond donors (Lipinski definition) is 0. The third-order valence-electron chi connectivity index (χ3n) is 2.99. The highest BCUT2D eigenvalue weighted by atomic mass is 79.9. The molecule has 3 aromatic rings. The maximum atomic E-state index is 12.5. The van der Waals surface area contributed by atoms with Crippen LogP contribution in [-0.4, -0.2) is 5.78 Å². The smallest absolute Gasteiger partial charge is 0.202 e. The number of rotatable bonds is 2. The van der Waals surface area contributed by atoms with E-state index < -0.39 is 0 Å². The van der Waals surface area contributed by atoms with E-state index in [2.05, 4.69) is 15.9 Å². The van der Waals surface area contributed by atoms with Crippen LogP contribution in [0.15, 0.2) is 63.5 Å². The zero-order valence-electron chi connectivity index (χ0n) is 10.3. The van der Waals surface area contributed by atoms with Crippen molar-refractivity contribution >= 4 is 44.9 Å². The largest absolute Gasteiger partial charge is 0.444 e. The molecule has 0 atom stereocenters. The number of hydrogen-bond acceptors (Lipinski definition) is 3. The molecule has 0 spiro atoms. The molecule has 1 heterocycles. The van der Waals surface area contributed by atoms with Crippen molar-refractivity contribution in [2.45, 2.75) is 0 Å². The second kappa shape index (κ2) is 5.31. The van der Waals surface area contributed by atoms with Crippen LogP contribution < -0.4 is 0 Å². The molecule has 0 N–H and O–H groups in total. The molecule has 0 bridgehead atoms. The summed E-state index contributed by atoms with van der Waals surface area (Å²) < 4.78 is 6.69. The van der Waals surface area contributed by atoms with Gasteiger partial charge in [0.25, 0.3) is 0 Å². The van der Waals surface area contributed by atoms with Gasteiger partial charge in [0.15, 0.2) is 5.78 Å². The molecule has 20 heavy (non-hydrogen) atoms. The number of carbonyl (C=O) groups is 1. The molecule has 0 radical (unpaired) electrons. The summed E-state index contributed by atoms with van der Waals surface area (Å²) in [5.41, 5.74) is 1.69. The average molecular weight is 345 g/mol. The van der Waals surface area contributed by atoms with Gasteiger partial charge in [-0.15, -0.1) is 0 Å². The maximum Gasteiger partial charge on any atom is 0.202 e. The number of halogens is 1. The molecule has 0 aliphatic carbocycles. The van der Waals surface area contributed by atoms with Crippen LogP contribution in [0.4, 0.5) is 0 Å². The topological polar surface area (TPSA) is 30.2 Å². The Bertz CT molecular complexity index is 850. The highest BCUT2D eigenvalue weighted by molar-refractivity contribution is 9.10. The van der Waals surface area contributed by atoms with Crippen LogP contribution in [0, 0.1) is 4.71 Å². The fraction of sp³-hybridized carbons (Fsp3) is 0. The molecule has 0 saturated carbocycles. The monoisotopic (exact) mass is 344 g/mol. The second-order valence-electron chi connectivity index (χ2n) is 4.32. The van der Waals surface area contributed by atoms with Crippen LogP contribution in [0.5, 0.6) is 0 Å². The van der Waals surface area contributed by atoms with Gasteiger partial charge in [-0.25, -0.2) is 0 Å². The van der Waals surface area contributed by atoms with Crippen molar-refractivity contribution in [2.24, 2.45) is 0 Å². The van der Waals surface area contributed by atoms with Gasteiger partial charge < -0.3 is 4.42 Å². The van der Waals surface area contributed by atoms with E-state index in [1.54, 1.807) is 18.2 Å². The molecule has 0 amide bonds. The number of para-hydroxylation sites is 1. The summed E-state index contributed by atoms with van der Waals surface area (Å²) in [6, 6.07) is 16.5. The number of carbonyl (C=O) groups excluding carboxylic acids is 1. The molecule has 2 aromatic carbocycles. The van der Waals surface area contributed by atoms with Gasteiger partial charge in [-0.05, 0) is 48.6 Å². The Kier molecular flexibility index (Phi) is 3.51. The lowest BCUT2D eigenvalue weighted by Crippen LogP contribution is -2.02. The maximum absolute atomic E-state index is 12.5. The van der Waals surface area contributed by atoms with Gasteiger partial charge in [0.2, 0.25) is 4.71 Å². The molecule has 0 aliphatic rings. The summed E-state index contributed by atoms with van der Waals surface area (Å²) in [4.78, 5) is 12.5. The van der Waals surface area contributed by atoms with Crippen molar-refractivity contribution in [3.8, 4) is 0 Å². The van der Waals surface area contributed by atoms with E-state index in [0.29, 0.717) is 16.7 Å². The molecule has 0 fully saturated rings. The summed E-state index contributed by atoms with van der Waals surface area (Å²) >= 11 is 8.53. The summed E-state index contributed by atoms with van der Waals surface area (Å²) in [5, 5.41) is 0.863. The average Bonchev–Trinajstić information content (AvgIpc) is 2.46. The van der Waals surface area contributed by atoms with Gasteiger partial charge in [-0.3, -0.25) is 4.79 Å². The van der Waals surface area contributed by atoms with Crippen molar-refractivity contribution in [3.63, 3.8) is 0 Å². The Morgan fingerprint density at radius 3 is 2.50 bits per heavy atom. The number of fused-ring (bicyclic) bond motifs is 1. The van der Waals surface area contributed by atoms with Gasteiger partial charge in [0.05, 0.1) is 5.56 Å². The van der Waals surface area contributed by atoms with E-state index in [1.165, 1.54) is 0 Å². The summed E-state index contributed by atoms with van der Waals surface area (Å²) in [7, 11) is 0. The summed E-state index contributed by atoms with van der Waals surface area (Å²) in [6.45, 7) is 0. The number of ketones is 1. The Hall–Kier alpha value is -1.78. The zero-order chi connectivity index (χ0) is 14.1. The first-order valence-electron chi connectivity index (χ1n) is 5.98.